The van der Waals surface area contributed by atoms with Gasteiger partial charge in [-0.3, -0.25) is 9.69 Å². The maximum Gasteiger partial charge on any atom is 0.336 e. The summed E-state index contributed by atoms with van der Waals surface area (Å²) in [6, 6.07) is 7.96. The molecule has 130 valence electrons. The minimum absolute atomic E-state index is 0.437. The van der Waals surface area contributed by atoms with Gasteiger partial charge in [0.1, 0.15) is 6.04 Å². The van der Waals surface area contributed by atoms with Crippen LogP contribution in [0.3, 0.4) is 0 Å². The van der Waals surface area contributed by atoms with Gasteiger partial charge >= 0.3 is 11.9 Å². The summed E-state index contributed by atoms with van der Waals surface area (Å²) >= 11 is 7.61. The van der Waals surface area contributed by atoms with E-state index in [1.807, 2.05) is 4.90 Å². The van der Waals surface area contributed by atoms with Crippen LogP contribution in [-0.2, 0) is 22.6 Å². The van der Waals surface area contributed by atoms with E-state index in [-0.39, 0.29) is 0 Å². The highest BCUT2D eigenvalue weighted by Gasteiger charge is 2.32. The van der Waals surface area contributed by atoms with Gasteiger partial charge in [-0.05, 0) is 29.7 Å². The summed E-state index contributed by atoms with van der Waals surface area (Å²) in [5, 5.41) is 10.7. The van der Waals surface area contributed by atoms with Crippen LogP contribution in [0.4, 0.5) is 0 Å². The van der Waals surface area contributed by atoms with Gasteiger partial charge in [-0.15, -0.1) is 11.3 Å². The summed E-state index contributed by atoms with van der Waals surface area (Å²) < 4.78 is 5.17. The Labute approximate surface area is 154 Å². The zero-order valence-electron chi connectivity index (χ0n) is 13.3. The first kappa shape index (κ1) is 17.7. The third-order valence-corrected chi connectivity index (χ3v) is 5.50. The summed E-state index contributed by atoms with van der Waals surface area (Å²) in [4.78, 5) is 26.2. The predicted molar refractivity (Wildman–Crippen MR) is 96.1 cm³/mol. The SMILES string of the molecule is C=CC(=O)Oc1cc2c(s1)CCN(C(C(=O)O)c1ccccc1Cl)C2. The Morgan fingerprint density at radius 2 is 2.16 bits per heavy atom. The van der Waals surface area contributed by atoms with Gasteiger partial charge in [-0.1, -0.05) is 36.4 Å². The van der Waals surface area contributed by atoms with Crippen molar-refractivity contribution in [1.82, 2.24) is 4.90 Å². The van der Waals surface area contributed by atoms with Crippen LogP contribution in [0.5, 0.6) is 5.06 Å². The number of hydrogen-bond donors (Lipinski definition) is 1. The maximum absolute atomic E-state index is 11.9. The Hall–Kier alpha value is -2.15. The largest absolute Gasteiger partial charge is 0.480 e. The molecule has 7 heteroatoms. The van der Waals surface area contributed by atoms with E-state index in [0.717, 1.165) is 16.5 Å². The molecule has 1 aromatic heterocycles. The molecule has 25 heavy (non-hydrogen) atoms. The normalized spacial score (nSPS) is 15.2. The molecule has 1 aliphatic rings. The van der Waals surface area contributed by atoms with Crippen molar-refractivity contribution >= 4 is 34.9 Å². The Kier molecular flexibility index (Phi) is 5.22. The van der Waals surface area contributed by atoms with Gasteiger partial charge in [0.25, 0.3) is 0 Å². The second kappa shape index (κ2) is 7.39. The van der Waals surface area contributed by atoms with Crippen LogP contribution in [0, 0.1) is 0 Å². The molecule has 1 unspecified atom stereocenters. The number of benzene rings is 1. The van der Waals surface area contributed by atoms with E-state index in [2.05, 4.69) is 6.58 Å². The van der Waals surface area contributed by atoms with E-state index in [4.69, 9.17) is 16.3 Å². The molecule has 0 amide bonds. The molecule has 1 N–H and O–H groups in total. The van der Waals surface area contributed by atoms with Crippen molar-refractivity contribution < 1.29 is 19.4 Å². The Morgan fingerprint density at radius 1 is 1.40 bits per heavy atom. The number of carbonyl (C=O) groups is 2. The van der Waals surface area contributed by atoms with Gasteiger partial charge < -0.3 is 9.84 Å². The average Bonchev–Trinajstić information content (AvgIpc) is 2.98. The number of ether oxygens (including phenoxy) is 1. The number of thiophene rings is 1. The molecule has 1 aromatic carbocycles. The van der Waals surface area contributed by atoms with Crippen molar-refractivity contribution in [2.45, 2.75) is 19.0 Å². The third kappa shape index (κ3) is 3.76. The molecule has 2 heterocycles. The van der Waals surface area contributed by atoms with E-state index in [0.29, 0.717) is 35.2 Å². The van der Waals surface area contributed by atoms with Crippen molar-refractivity contribution in [3.05, 3.63) is 64.0 Å². The minimum Gasteiger partial charge on any atom is -0.480 e. The van der Waals surface area contributed by atoms with Crippen molar-refractivity contribution in [2.24, 2.45) is 0 Å². The standard InChI is InChI=1S/C18H16ClNO4S/c1-2-15(21)24-16-9-11-10-20(8-7-14(11)25-16)17(18(22)23)12-5-3-4-6-13(12)19/h2-6,9,17H,1,7-8,10H2,(H,22,23). The second-order valence-electron chi connectivity index (χ2n) is 5.62. The lowest BCUT2D eigenvalue weighted by molar-refractivity contribution is -0.144. The number of esters is 1. The van der Waals surface area contributed by atoms with Crippen LogP contribution >= 0.6 is 22.9 Å². The maximum atomic E-state index is 11.9. The van der Waals surface area contributed by atoms with Gasteiger partial charge in [0.2, 0.25) is 0 Å². The number of aliphatic carboxylic acids is 1. The van der Waals surface area contributed by atoms with Gasteiger partial charge in [0.05, 0.1) is 0 Å². The van der Waals surface area contributed by atoms with Crippen LogP contribution in [0.2, 0.25) is 5.02 Å². The molecule has 0 saturated carbocycles. The second-order valence-corrected chi connectivity index (χ2v) is 7.13. The zero-order chi connectivity index (χ0) is 18.0. The number of carboxylic acids is 1. The first-order valence-corrected chi connectivity index (χ1v) is 8.86. The molecule has 0 bridgehead atoms. The van der Waals surface area contributed by atoms with Crippen LogP contribution < -0.4 is 4.74 Å². The number of nitrogens with zero attached hydrogens (tertiary/aromatic N) is 1. The van der Waals surface area contributed by atoms with Gasteiger partial charge in [0.15, 0.2) is 5.06 Å². The summed E-state index contributed by atoms with van der Waals surface area (Å²) in [7, 11) is 0. The topological polar surface area (TPSA) is 66.8 Å². The molecule has 1 aliphatic heterocycles. The summed E-state index contributed by atoms with van der Waals surface area (Å²) in [6.07, 6.45) is 1.81. The number of halogens is 1. The summed E-state index contributed by atoms with van der Waals surface area (Å²) in [5.74, 6) is -1.44. The zero-order valence-corrected chi connectivity index (χ0v) is 14.8. The fraction of sp³-hybridized carbons (Fsp3) is 0.222. The Balaban J connectivity index is 1.85. The van der Waals surface area contributed by atoms with Crippen LogP contribution in [0.25, 0.3) is 0 Å². The van der Waals surface area contributed by atoms with Crippen LogP contribution in [0.15, 0.2) is 43.0 Å². The number of hydrogen-bond acceptors (Lipinski definition) is 5. The number of carbonyl (C=O) groups excluding carboxylic acids is 1. The molecule has 0 fully saturated rings. The van der Waals surface area contributed by atoms with Crippen molar-refractivity contribution in [3.63, 3.8) is 0 Å². The van der Waals surface area contributed by atoms with Crippen molar-refractivity contribution in [3.8, 4) is 5.06 Å². The van der Waals surface area contributed by atoms with E-state index >= 15 is 0 Å². The van der Waals surface area contributed by atoms with Crippen molar-refractivity contribution in [1.29, 1.82) is 0 Å². The van der Waals surface area contributed by atoms with Crippen LogP contribution in [0.1, 0.15) is 22.0 Å². The van der Waals surface area contributed by atoms with Crippen LogP contribution in [-0.4, -0.2) is 28.5 Å². The molecule has 2 aromatic rings. The summed E-state index contributed by atoms with van der Waals surface area (Å²) in [5.41, 5.74) is 1.55. The van der Waals surface area contributed by atoms with E-state index in [1.165, 1.54) is 11.3 Å². The van der Waals surface area contributed by atoms with Gasteiger partial charge in [0, 0.05) is 29.1 Å². The molecule has 0 radical (unpaired) electrons. The number of rotatable bonds is 5. The highest BCUT2D eigenvalue weighted by Crippen LogP contribution is 2.37. The molecule has 1 atom stereocenters. The Bertz CT molecular complexity index is 832. The molecular weight excluding hydrogens is 362 g/mol. The van der Waals surface area contributed by atoms with E-state index < -0.39 is 18.0 Å². The molecule has 0 spiro atoms. The van der Waals surface area contributed by atoms with Crippen molar-refractivity contribution in [2.75, 3.05) is 6.54 Å². The minimum atomic E-state index is -0.940. The first-order valence-electron chi connectivity index (χ1n) is 7.66. The predicted octanol–water partition coefficient (Wildman–Crippen LogP) is 3.68. The summed E-state index contributed by atoms with van der Waals surface area (Å²) in [6.45, 7) is 4.43. The molecule has 3 rings (SSSR count). The van der Waals surface area contributed by atoms with E-state index in [9.17, 15) is 14.7 Å². The van der Waals surface area contributed by atoms with E-state index in [1.54, 1.807) is 30.3 Å². The van der Waals surface area contributed by atoms with Gasteiger partial charge in [-0.25, -0.2) is 4.79 Å². The molecule has 0 saturated heterocycles. The highest BCUT2D eigenvalue weighted by atomic mass is 35.5. The monoisotopic (exact) mass is 377 g/mol. The lowest BCUT2D eigenvalue weighted by Gasteiger charge is -2.32. The first-order chi connectivity index (χ1) is 12.0. The highest BCUT2D eigenvalue weighted by molar-refractivity contribution is 7.14. The lowest BCUT2D eigenvalue weighted by atomic mass is 10.0. The van der Waals surface area contributed by atoms with Gasteiger partial charge in [-0.2, -0.15) is 0 Å². The quantitative estimate of drug-likeness (QED) is 0.636. The number of fused-ring (bicyclic) bond motifs is 1. The smallest absolute Gasteiger partial charge is 0.336 e. The fourth-order valence-electron chi connectivity index (χ4n) is 2.92. The molecule has 5 nitrogen and oxygen atoms in total. The molecular formula is C18H16ClNO4S. The molecule has 0 aliphatic carbocycles. The third-order valence-electron chi connectivity index (χ3n) is 4.04. The Morgan fingerprint density at radius 3 is 2.84 bits per heavy atom. The lowest BCUT2D eigenvalue weighted by Crippen LogP contribution is -2.37. The fourth-order valence-corrected chi connectivity index (χ4v) is 4.18. The average molecular weight is 378 g/mol. The number of carboxylic acid groups (broad SMARTS) is 1.